The van der Waals surface area contributed by atoms with E-state index < -0.39 is 23.4 Å². The van der Waals surface area contributed by atoms with Gasteiger partial charge in [-0.05, 0) is 86.4 Å². The molecule has 0 aromatic heterocycles. The molecule has 180 valence electrons. The van der Waals surface area contributed by atoms with Gasteiger partial charge >= 0.3 is 0 Å². The number of carbonyl (C=O) groups is 1. The highest BCUT2D eigenvalue weighted by molar-refractivity contribution is 7.92. The van der Waals surface area contributed by atoms with Crippen LogP contribution in [0.4, 0.5) is 0 Å². The normalized spacial score (nSPS) is 38.6. The summed E-state index contributed by atoms with van der Waals surface area (Å²) in [7, 11) is -5.09. The van der Waals surface area contributed by atoms with E-state index in [-0.39, 0.29) is 28.2 Å². The molecule has 0 spiro atoms. The van der Waals surface area contributed by atoms with E-state index in [0.29, 0.717) is 5.92 Å². The zero-order valence-electron chi connectivity index (χ0n) is 20.9. The van der Waals surface area contributed by atoms with Gasteiger partial charge in [-0.25, -0.2) is 8.42 Å². The lowest BCUT2D eigenvalue weighted by atomic mass is 9.63. The lowest BCUT2D eigenvalue weighted by Gasteiger charge is -2.41. The van der Waals surface area contributed by atoms with Gasteiger partial charge in [0.15, 0.2) is 18.2 Å². The van der Waals surface area contributed by atoms with E-state index in [1.54, 1.807) is 0 Å². The van der Waals surface area contributed by atoms with Gasteiger partial charge in [-0.1, -0.05) is 44.9 Å². The summed E-state index contributed by atoms with van der Waals surface area (Å²) in [5, 5.41) is -0.328. The van der Waals surface area contributed by atoms with Crippen molar-refractivity contribution in [2.45, 2.75) is 109 Å². The summed E-state index contributed by atoms with van der Waals surface area (Å²) in [5.74, 6) is 0.694. The zero-order valence-corrected chi connectivity index (χ0v) is 22.7. The molecule has 0 amide bonds. The zero-order chi connectivity index (χ0) is 23.5. The first-order valence-electron chi connectivity index (χ1n) is 12.5. The first kappa shape index (κ1) is 24.4. The van der Waals surface area contributed by atoms with Crippen LogP contribution in [0, 0.1) is 17.3 Å². The molecule has 4 rings (SSSR count). The molecule has 5 atom stereocenters. The Bertz CT molecular complexity index is 939. The summed E-state index contributed by atoms with van der Waals surface area (Å²) < 4.78 is 33.3. The van der Waals surface area contributed by atoms with Gasteiger partial charge in [0.2, 0.25) is 0 Å². The molecule has 0 saturated heterocycles. The Morgan fingerprint density at radius 2 is 1.84 bits per heavy atom. The Labute approximate surface area is 196 Å². The standard InChI is InChI=1S/C26H42O4SSi/c1-25(2,3)32(5,6)30-21-11-9-19-17-31(28,29)24(22(19)15-21)14-18-8-7-13-26(4)20(16-27)10-12-23(18)26/h14,16,20-21,23-24H,7-13,15,17H2,1-6H3/t20-,21?,23+,24?,26-/m1/s1. The number of aldehydes is 1. The van der Waals surface area contributed by atoms with Crippen LogP contribution in [0.3, 0.4) is 0 Å². The average Bonchev–Trinajstić information content (AvgIpc) is 3.14. The Morgan fingerprint density at radius 3 is 2.50 bits per heavy atom. The van der Waals surface area contributed by atoms with Crippen LogP contribution in [0.15, 0.2) is 22.8 Å². The first-order chi connectivity index (χ1) is 14.8. The fourth-order valence-corrected chi connectivity index (χ4v) is 10.1. The topological polar surface area (TPSA) is 60.4 Å². The molecule has 6 heteroatoms. The van der Waals surface area contributed by atoms with Crippen LogP contribution in [0.25, 0.3) is 0 Å². The van der Waals surface area contributed by atoms with E-state index in [2.05, 4.69) is 46.9 Å². The van der Waals surface area contributed by atoms with Crippen LogP contribution in [0.5, 0.6) is 0 Å². The van der Waals surface area contributed by atoms with Crippen molar-refractivity contribution in [2.24, 2.45) is 17.3 Å². The number of hydrogen-bond acceptors (Lipinski definition) is 4. The van der Waals surface area contributed by atoms with Gasteiger partial charge < -0.3 is 9.22 Å². The number of rotatable bonds is 4. The average molecular weight is 479 g/mol. The van der Waals surface area contributed by atoms with E-state index in [9.17, 15) is 13.2 Å². The fraction of sp³-hybridized carbons (Fsp3) is 0.808. The molecule has 0 N–H and O–H groups in total. The van der Waals surface area contributed by atoms with Crippen LogP contribution in [0.1, 0.15) is 79.1 Å². The molecule has 0 aromatic carbocycles. The molecule has 32 heavy (non-hydrogen) atoms. The molecule has 2 fully saturated rings. The molecule has 3 aliphatic carbocycles. The summed E-state index contributed by atoms with van der Waals surface area (Å²) in [5.41, 5.74) is 3.59. The highest BCUT2D eigenvalue weighted by atomic mass is 32.2. The maximum atomic E-state index is 13.3. The minimum Gasteiger partial charge on any atom is -0.414 e. The van der Waals surface area contributed by atoms with Crippen molar-refractivity contribution in [3.8, 4) is 0 Å². The van der Waals surface area contributed by atoms with Gasteiger partial charge in [-0.15, -0.1) is 0 Å². The van der Waals surface area contributed by atoms with Gasteiger partial charge in [-0.3, -0.25) is 0 Å². The van der Waals surface area contributed by atoms with E-state index in [1.165, 1.54) is 5.57 Å². The van der Waals surface area contributed by atoms with Gasteiger partial charge in [0.1, 0.15) is 11.5 Å². The number of hydrogen-bond donors (Lipinski definition) is 0. The van der Waals surface area contributed by atoms with E-state index in [4.69, 9.17) is 4.43 Å². The van der Waals surface area contributed by atoms with Crippen molar-refractivity contribution in [2.75, 3.05) is 5.75 Å². The van der Waals surface area contributed by atoms with Crippen LogP contribution in [-0.2, 0) is 19.1 Å². The third-order valence-corrected chi connectivity index (χ3v) is 16.1. The number of carbonyl (C=O) groups excluding carboxylic acids is 1. The molecule has 4 nitrogen and oxygen atoms in total. The van der Waals surface area contributed by atoms with Crippen molar-refractivity contribution >= 4 is 24.4 Å². The van der Waals surface area contributed by atoms with Crippen LogP contribution < -0.4 is 0 Å². The molecule has 2 unspecified atom stereocenters. The summed E-state index contributed by atoms with van der Waals surface area (Å²) >= 11 is 0. The molecular weight excluding hydrogens is 436 g/mol. The Morgan fingerprint density at radius 1 is 1.12 bits per heavy atom. The molecule has 0 radical (unpaired) electrons. The summed E-state index contributed by atoms with van der Waals surface area (Å²) in [4.78, 5) is 11.7. The molecule has 0 bridgehead atoms. The highest BCUT2D eigenvalue weighted by Crippen LogP contribution is 2.57. The molecule has 1 heterocycles. The molecule has 1 aliphatic heterocycles. The van der Waals surface area contributed by atoms with Gasteiger partial charge in [0, 0.05) is 12.0 Å². The lowest BCUT2D eigenvalue weighted by Crippen LogP contribution is -2.44. The number of fused-ring (bicyclic) bond motifs is 1. The van der Waals surface area contributed by atoms with Gasteiger partial charge in [-0.2, -0.15) is 0 Å². The van der Waals surface area contributed by atoms with Gasteiger partial charge in [0.25, 0.3) is 0 Å². The molecule has 0 aromatic rings. The number of sulfone groups is 1. The van der Waals surface area contributed by atoms with Crippen molar-refractivity contribution in [3.63, 3.8) is 0 Å². The van der Waals surface area contributed by atoms with Crippen molar-refractivity contribution in [3.05, 3.63) is 22.8 Å². The smallest absolute Gasteiger partial charge is 0.192 e. The summed E-state index contributed by atoms with van der Waals surface area (Å²) in [6.07, 6.45) is 11.0. The molecule has 4 aliphatic rings. The lowest BCUT2D eigenvalue weighted by molar-refractivity contribution is -0.114. The summed E-state index contributed by atoms with van der Waals surface area (Å²) in [6.45, 7) is 13.6. The van der Waals surface area contributed by atoms with Crippen LogP contribution in [-0.4, -0.2) is 40.1 Å². The predicted molar refractivity (Wildman–Crippen MR) is 133 cm³/mol. The minimum absolute atomic E-state index is 0.00591. The maximum Gasteiger partial charge on any atom is 0.192 e. The minimum atomic E-state index is -3.20. The third kappa shape index (κ3) is 4.13. The second-order valence-corrected chi connectivity index (χ2v) is 19.5. The second kappa shape index (κ2) is 8.19. The van der Waals surface area contributed by atoms with E-state index in [0.717, 1.165) is 68.8 Å². The van der Waals surface area contributed by atoms with Crippen molar-refractivity contribution in [1.82, 2.24) is 0 Å². The largest absolute Gasteiger partial charge is 0.414 e. The monoisotopic (exact) mass is 478 g/mol. The van der Waals surface area contributed by atoms with E-state index in [1.807, 2.05) is 0 Å². The van der Waals surface area contributed by atoms with Gasteiger partial charge in [0.05, 0.1) is 5.75 Å². The predicted octanol–water partition coefficient (Wildman–Crippen LogP) is 6.00. The third-order valence-electron chi connectivity index (χ3n) is 9.61. The fourth-order valence-electron chi connectivity index (χ4n) is 6.62. The van der Waals surface area contributed by atoms with Crippen molar-refractivity contribution < 1.29 is 17.6 Å². The highest BCUT2D eigenvalue weighted by Gasteiger charge is 2.50. The van der Waals surface area contributed by atoms with E-state index >= 15 is 0 Å². The Kier molecular flexibility index (Phi) is 6.25. The molecular formula is C26H42O4SSi. The van der Waals surface area contributed by atoms with Crippen LogP contribution in [0.2, 0.25) is 18.1 Å². The summed E-state index contributed by atoms with van der Waals surface area (Å²) in [6, 6.07) is 0. The second-order valence-electron chi connectivity index (χ2n) is 12.6. The number of allylic oxidation sites excluding steroid dienone is 1. The first-order valence-corrected chi connectivity index (χ1v) is 17.2. The Hall–Kier alpha value is -0.723. The Balaban J connectivity index is 1.60. The van der Waals surface area contributed by atoms with Crippen molar-refractivity contribution in [1.29, 1.82) is 0 Å². The molecule has 2 saturated carbocycles. The quantitative estimate of drug-likeness (QED) is 0.283. The van der Waals surface area contributed by atoms with Crippen LogP contribution >= 0.6 is 0 Å². The SMILES string of the molecule is CC(C)(C)[Si](C)(C)OC1CCC2=C(C1)C(C=C1CCC[C@]3(C)[C@@H](C=O)CC[C@@H]13)S(=O)(=O)C2. The maximum absolute atomic E-state index is 13.3.